The van der Waals surface area contributed by atoms with Crippen molar-refractivity contribution in [2.45, 2.75) is 18.9 Å². The van der Waals surface area contributed by atoms with Crippen molar-refractivity contribution in [2.24, 2.45) is 5.10 Å². The number of hydrazone groups is 1. The van der Waals surface area contributed by atoms with Gasteiger partial charge in [-0.1, -0.05) is 48.5 Å². The number of nitrogens with one attached hydrogen (secondary N) is 1. The minimum atomic E-state index is -4.56. The fourth-order valence-electron chi connectivity index (χ4n) is 4.33. The first-order valence-corrected chi connectivity index (χ1v) is 12.0. The highest BCUT2D eigenvalue weighted by Gasteiger charge is 2.45. The van der Waals surface area contributed by atoms with Gasteiger partial charge in [-0.3, -0.25) is 10.3 Å². The number of para-hydroxylation sites is 2. The van der Waals surface area contributed by atoms with E-state index < -0.39 is 12.4 Å². The highest BCUT2D eigenvalue weighted by Crippen LogP contribution is 2.26. The first kappa shape index (κ1) is 24.5. The molecule has 1 saturated heterocycles. The molecule has 7 nitrogen and oxygen atoms in total. The van der Waals surface area contributed by atoms with Crippen LogP contribution < -0.4 is 15.2 Å². The Morgan fingerprint density at radius 2 is 1.54 bits per heavy atom. The Morgan fingerprint density at radius 3 is 2.14 bits per heavy atom. The number of carbonyl (C=O) groups is 1. The molecule has 3 aromatic carbocycles. The van der Waals surface area contributed by atoms with Gasteiger partial charge in [-0.05, 0) is 42.0 Å². The number of carbonyl (C=O) groups excluding carboxylic acids is 1. The topological polar surface area (TPSA) is 60.4 Å². The molecule has 0 aromatic heterocycles. The summed E-state index contributed by atoms with van der Waals surface area (Å²) < 4.78 is 43.5. The Balaban J connectivity index is 1.27. The molecule has 2 aliphatic heterocycles. The summed E-state index contributed by atoms with van der Waals surface area (Å²) in [7, 11) is 0. The zero-order chi connectivity index (χ0) is 25.8. The molecule has 0 bridgehead atoms. The van der Waals surface area contributed by atoms with E-state index in [-0.39, 0.29) is 11.9 Å². The van der Waals surface area contributed by atoms with E-state index >= 15 is 0 Å². The summed E-state index contributed by atoms with van der Waals surface area (Å²) in [5.41, 5.74) is 5.10. The molecule has 0 radical (unpaired) electrons. The minimum Gasteiger partial charge on any atom is -0.441 e. The molecule has 2 amide bonds. The molecule has 5 rings (SSSR count). The van der Waals surface area contributed by atoms with Crippen LogP contribution in [0, 0.1) is 0 Å². The highest BCUT2D eigenvalue weighted by molar-refractivity contribution is 5.95. The van der Waals surface area contributed by atoms with Crippen molar-refractivity contribution in [2.75, 3.05) is 36.0 Å². The van der Waals surface area contributed by atoms with E-state index in [2.05, 4.69) is 22.1 Å². The van der Waals surface area contributed by atoms with Crippen LogP contribution in [0.15, 0.2) is 90.0 Å². The zero-order valence-corrected chi connectivity index (χ0v) is 19.9. The monoisotopic (exact) mass is 509 g/mol. The number of amides is 2. The van der Waals surface area contributed by atoms with E-state index in [1.54, 1.807) is 29.2 Å². The van der Waals surface area contributed by atoms with Gasteiger partial charge in [0.2, 0.25) is 5.90 Å². The Kier molecular flexibility index (Phi) is 6.89. The third-order valence-corrected chi connectivity index (χ3v) is 6.32. The van der Waals surface area contributed by atoms with Gasteiger partial charge in [0.1, 0.15) is 0 Å². The van der Waals surface area contributed by atoms with Crippen molar-refractivity contribution in [1.82, 2.24) is 10.3 Å². The normalized spacial score (nSPS) is 17.6. The Bertz CT molecular complexity index is 1230. The summed E-state index contributed by atoms with van der Waals surface area (Å²) in [6, 6.07) is 26.3. The SMILES string of the molecule is O=C(N1CCN(c2ccccc2)CC1)N(Cc1ccc(C2=NNC(C(F)(F)F)O2)cc1)c1ccccc1. The van der Waals surface area contributed by atoms with Crippen molar-refractivity contribution >= 4 is 23.3 Å². The second-order valence-electron chi connectivity index (χ2n) is 8.80. The van der Waals surface area contributed by atoms with E-state index in [1.807, 2.05) is 58.9 Å². The molecule has 1 N–H and O–H groups in total. The predicted octanol–water partition coefficient (Wildman–Crippen LogP) is 4.81. The number of alkyl halides is 3. The molecule has 2 heterocycles. The molecular formula is C27H26F3N5O2. The summed E-state index contributed by atoms with van der Waals surface area (Å²) >= 11 is 0. The van der Waals surface area contributed by atoms with E-state index in [9.17, 15) is 18.0 Å². The smallest absolute Gasteiger partial charge is 0.441 e. The number of urea groups is 1. The van der Waals surface area contributed by atoms with Gasteiger partial charge < -0.3 is 14.5 Å². The lowest BCUT2D eigenvalue weighted by atomic mass is 10.1. The van der Waals surface area contributed by atoms with Crippen molar-refractivity contribution in [1.29, 1.82) is 0 Å². The number of hydrogen-bond acceptors (Lipinski definition) is 5. The first-order chi connectivity index (χ1) is 17.9. The fourth-order valence-corrected chi connectivity index (χ4v) is 4.33. The fraction of sp³-hybridized carbons (Fsp3) is 0.259. The number of rotatable bonds is 5. The summed E-state index contributed by atoms with van der Waals surface area (Å²) in [5, 5.41) is 3.66. The number of hydrogen-bond donors (Lipinski definition) is 1. The molecular weight excluding hydrogens is 483 g/mol. The van der Waals surface area contributed by atoms with Crippen LogP contribution in [-0.2, 0) is 11.3 Å². The maximum absolute atomic E-state index is 13.6. The third-order valence-electron chi connectivity index (χ3n) is 6.32. The lowest BCUT2D eigenvalue weighted by molar-refractivity contribution is -0.201. The van der Waals surface area contributed by atoms with Crippen LogP contribution in [-0.4, -0.2) is 55.4 Å². The molecule has 10 heteroatoms. The Morgan fingerprint density at radius 1 is 0.919 bits per heavy atom. The molecule has 3 aromatic rings. The molecule has 1 atom stereocenters. The lowest BCUT2D eigenvalue weighted by Gasteiger charge is -2.38. The quantitative estimate of drug-likeness (QED) is 0.537. The summed E-state index contributed by atoms with van der Waals surface area (Å²) in [5.74, 6) is -0.124. The number of benzene rings is 3. The molecule has 37 heavy (non-hydrogen) atoms. The Hall–Kier alpha value is -4.21. The Labute approximate surface area is 212 Å². The van der Waals surface area contributed by atoms with E-state index in [0.717, 1.165) is 30.0 Å². The van der Waals surface area contributed by atoms with Gasteiger partial charge in [0.05, 0.1) is 6.54 Å². The molecule has 1 unspecified atom stereocenters. The number of nitrogens with zero attached hydrogens (tertiary/aromatic N) is 4. The largest absolute Gasteiger partial charge is 0.446 e. The van der Waals surface area contributed by atoms with Crippen molar-refractivity contribution in [3.63, 3.8) is 0 Å². The van der Waals surface area contributed by atoms with Crippen LogP contribution in [0.5, 0.6) is 0 Å². The summed E-state index contributed by atoms with van der Waals surface area (Å²) in [4.78, 5) is 19.5. The predicted molar refractivity (Wildman–Crippen MR) is 135 cm³/mol. The van der Waals surface area contributed by atoms with Gasteiger partial charge in [0.25, 0.3) is 6.23 Å². The van der Waals surface area contributed by atoms with E-state index in [4.69, 9.17) is 4.74 Å². The maximum atomic E-state index is 13.6. The van der Waals surface area contributed by atoms with Gasteiger partial charge in [-0.25, -0.2) is 4.79 Å². The number of anilines is 2. The van der Waals surface area contributed by atoms with Gasteiger partial charge >= 0.3 is 12.2 Å². The van der Waals surface area contributed by atoms with Crippen LogP contribution in [0.25, 0.3) is 0 Å². The molecule has 2 aliphatic rings. The summed E-state index contributed by atoms with van der Waals surface area (Å²) in [6.07, 6.45) is -6.72. The average Bonchev–Trinajstić information content (AvgIpc) is 3.44. The maximum Gasteiger partial charge on any atom is 0.446 e. The zero-order valence-electron chi connectivity index (χ0n) is 19.9. The van der Waals surface area contributed by atoms with Crippen LogP contribution in [0.1, 0.15) is 11.1 Å². The lowest BCUT2D eigenvalue weighted by Crippen LogP contribution is -2.53. The number of piperazine rings is 1. The second-order valence-corrected chi connectivity index (χ2v) is 8.80. The molecule has 0 spiro atoms. The van der Waals surface area contributed by atoms with Crippen molar-refractivity contribution in [3.05, 3.63) is 96.1 Å². The molecule has 192 valence electrons. The standard InChI is InChI=1S/C27H26F3N5O2/c28-27(29,30)25-32-31-24(37-25)21-13-11-20(12-14-21)19-35(23-9-5-2-6-10-23)26(36)34-17-15-33(16-18-34)22-7-3-1-4-8-22/h1-14,25,32H,15-19H2. The van der Waals surface area contributed by atoms with Crippen molar-refractivity contribution < 1.29 is 22.7 Å². The van der Waals surface area contributed by atoms with Gasteiger partial charge in [-0.15, -0.1) is 5.10 Å². The van der Waals surface area contributed by atoms with E-state index in [0.29, 0.717) is 25.2 Å². The first-order valence-electron chi connectivity index (χ1n) is 12.0. The molecule has 0 saturated carbocycles. The van der Waals surface area contributed by atoms with Crippen LogP contribution in [0.3, 0.4) is 0 Å². The summed E-state index contributed by atoms with van der Waals surface area (Å²) in [6.45, 7) is 2.98. The van der Waals surface area contributed by atoms with E-state index in [1.165, 1.54) is 0 Å². The van der Waals surface area contributed by atoms with Crippen molar-refractivity contribution in [3.8, 4) is 0 Å². The van der Waals surface area contributed by atoms with Gasteiger partial charge in [0, 0.05) is 43.1 Å². The molecule has 1 fully saturated rings. The highest BCUT2D eigenvalue weighted by atomic mass is 19.4. The third kappa shape index (κ3) is 5.63. The average molecular weight is 510 g/mol. The van der Waals surface area contributed by atoms with Crippen LogP contribution in [0.2, 0.25) is 0 Å². The molecule has 0 aliphatic carbocycles. The van der Waals surface area contributed by atoms with Crippen LogP contribution >= 0.6 is 0 Å². The van der Waals surface area contributed by atoms with Gasteiger partial charge in [0.15, 0.2) is 0 Å². The number of halogens is 3. The van der Waals surface area contributed by atoms with Gasteiger partial charge in [-0.2, -0.15) is 13.2 Å². The number of ether oxygens (including phenoxy) is 1. The second kappa shape index (κ2) is 10.4. The minimum absolute atomic E-state index is 0.0938. The van der Waals surface area contributed by atoms with Crippen LogP contribution in [0.4, 0.5) is 29.3 Å².